The van der Waals surface area contributed by atoms with Gasteiger partial charge in [0.15, 0.2) is 13.8 Å². The van der Waals surface area contributed by atoms with Crippen LogP contribution in [0.5, 0.6) is 0 Å². The number of esters is 1. The number of ether oxygens (including phenoxy) is 1. The molecule has 0 atom stereocenters. The van der Waals surface area contributed by atoms with E-state index in [1.54, 1.807) is 5.38 Å². The number of carbonyl (C=O) groups excluding carboxylic acids is 3. The van der Waals surface area contributed by atoms with E-state index in [4.69, 9.17) is 0 Å². The van der Waals surface area contributed by atoms with Crippen molar-refractivity contribution in [3.8, 4) is 0 Å². The van der Waals surface area contributed by atoms with Gasteiger partial charge in [0.25, 0.3) is 0 Å². The van der Waals surface area contributed by atoms with E-state index in [1.165, 1.54) is 53.3 Å². The number of rotatable bonds is 11. The Bertz CT molecular complexity index is 810. The van der Waals surface area contributed by atoms with Crippen LogP contribution in [0.15, 0.2) is 14.1 Å². The molecular formula is C15H19N5O4S4. The first-order chi connectivity index (χ1) is 13.5. The molecule has 0 fully saturated rings. The number of carbonyl (C=O) groups is 3. The Hall–Kier alpha value is -1.70. The lowest BCUT2D eigenvalue weighted by atomic mass is 10.3. The molecule has 0 aromatic carbocycles. The number of thioether (sulfide) groups is 2. The molecule has 28 heavy (non-hydrogen) atoms. The van der Waals surface area contributed by atoms with Crippen molar-refractivity contribution in [3.05, 3.63) is 11.1 Å². The third-order valence-corrected chi connectivity index (χ3v) is 6.96. The highest BCUT2D eigenvalue weighted by Crippen LogP contribution is 2.28. The molecule has 0 bridgehead atoms. The normalized spacial score (nSPS) is 10.5. The van der Waals surface area contributed by atoms with Crippen LogP contribution < -0.4 is 10.6 Å². The summed E-state index contributed by atoms with van der Waals surface area (Å²) in [5.41, 5.74) is 0.550. The van der Waals surface area contributed by atoms with Gasteiger partial charge in [-0.25, -0.2) is 4.98 Å². The van der Waals surface area contributed by atoms with Crippen molar-refractivity contribution in [3.63, 3.8) is 0 Å². The van der Waals surface area contributed by atoms with Gasteiger partial charge in [-0.15, -0.1) is 21.5 Å². The van der Waals surface area contributed by atoms with E-state index in [0.717, 1.165) is 6.42 Å². The van der Waals surface area contributed by atoms with Gasteiger partial charge < -0.3 is 15.4 Å². The molecule has 0 saturated heterocycles. The second kappa shape index (κ2) is 12.0. The van der Waals surface area contributed by atoms with Gasteiger partial charge in [-0.1, -0.05) is 41.8 Å². The minimum Gasteiger partial charge on any atom is -0.469 e. The maximum absolute atomic E-state index is 12.0. The van der Waals surface area contributed by atoms with Gasteiger partial charge in [0, 0.05) is 11.9 Å². The van der Waals surface area contributed by atoms with Crippen LogP contribution in [0.1, 0.15) is 19.0 Å². The van der Waals surface area contributed by atoms with E-state index in [-0.39, 0.29) is 35.7 Å². The Morgan fingerprint density at radius 3 is 2.46 bits per heavy atom. The molecule has 9 nitrogen and oxygen atoms in total. The molecule has 2 aromatic heterocycles. The first kappa shape index (κ1) is 22.6. The summed E-state index contributed by atoms with van der Waals surface area (Å²) in [4.78, 5) is 39.0. The molecule has 0 aliphatic rings. The Balaban J connectivity index is 1.72. The third kappa shape index (κ3) is 8.12. The van der Waals surface area contributed by atoms with Crippen LogP contribution in [-0.2, 0) is 25.5 Å². The third-order valence-electron chi connectivity index (χ3n) is 2.96. The summed E-state index contributed by atoms with van der Waals surface area (Å²) in [5, 5.41) is 15.6. The fourth-order valence-corrected chi connectivity index (χ4v) is 5.08. The highest BCUT2D eigenvalue weighted by atomic mass is 32.2. The van der Waals surface area contributed by atoms with E-state index >= 15 is 0 Å². The number of hydrogen-bond donors (Lipinski definition) is 2. The zero-order chi connectivity index (χ0) is 20.4. The Labute approximate surface area is 178 Å². The van der Waals surface area contributed by atoms with Gasteiger partial charge in [-0.05, 0) is 6.42 Å². The maximum atomic E-state index is 12.0. The number of thiazole rings is 1. The number of methoxy groups -OCH3 is 1. The lowest BCUT2D eigenvalue weighted by molar-refractivity contribution is -0.139. The van der Waals surface area contributed by atoms with Gasteiger partial charge in [0.2, 0.25) is 11.8 Å². The highest BCUT2D eigenvalue weighted by molar-refractivity contribution is 8.03. The monoisotopic (exact) mass is 461 g/mol. The van der Waals surface area contributed by atoms with Crippen LogP contribution in [0.25, 0.3) is 0 Å². The first-order valence-corrected chi connectivity index (χ1v) is 11.8. The number of nitrogens with one attached hydrogen (secondary N) is 2. The summed E-state index contributed by atoms with van der Waals surface area (Å²) >= 11 is 5.16. The topological polar surface area (TPSA) is 123 Å². The van der Waals surface area contributed by atoms with Crippen molar-refractivity contribution in [2.75, 3.05) is 30.5 Å². The smallest absolute Gasteiger partial charge is 0.311 e. The summed E-state index contributed by atoms with van der Waals surface area (Å²) in [6.45, 7) is 2.66. The molecule has 0 spiro atoms. The Morgan fingerprint density at radius 1 is 1.14 bits per heavy atom. The molecule has 13 heteroatoms. The quantitative estimate of drug-likeness (QED) is 0.382. The fourth-order valence-electron chi connectivity index (χ4n) is 1.70. The molecule has 2 aromatic rings. The lowest BCUT2D eigenvalue weighted by Gasteiger charge is -2.00. The van der Waals surface area contributed by atoms with E-state index in [2.05, 4.69) is 30.6 Å². The average Bonchev–Trinajstić information content (AvgIpc) is 3.32. The molecule has 2 amide bonds. The van der Waals surface area contributed by atoms with Gasteiger partial charge in [-0.2, -0.15) is 0 Å². The number of anilines is 1. The van der Waals surface area contributed by atoms with Crippen LogP contribution in [0.2, 0.25) is 0 Å². The minimum atomic E-state index is -0.383. The summed E-state index contributed by atoms with van der Waals surface area (Å²) in [6.07, 6.45) is 0.963. The van der Waals surface area contributed by atoms with Crippen LogP contribution in [0, 0.1) is 0 Å². The summed E-state index contributed by atoms with van der Waals surface area (Å²) < 4.78 is 5.91. The second-order valence-electron chi connectivity index (χ2n) is 5.21. The van der Waals surface area contributed by atoms with Crippen LogP contribution in [0.3, 0.4) is 0 Å². The van der Waals surface area contributed by atoms with E-state index < -0.39 is 0 Å². The van der Waals surface area contributed by atoms with Gasteiger partial charge >= 0.3 is 5.97 Å². The Kier molecular flexibility index (Phi) is 9.67. The number of amides is 2. The second-order valence-corrected chi connectivity index (χ2v) is 9.49. The van der Waals surface area contributed by atoms with Gasteiger partial charge in [-0.3, -0.25) is 14.4 Å². The summed E-state index contributed by atoms with van der Waals surface area (Å²) in [6, 6.07) is 0. The maximum Gasteiger partial charge on any atom is 0.311 e. The number of nitrogens with zero attached hydrogens (tertiary/aromatic N) is 3. The van der Waals surface area contributed by atoms with E-state index in [0.29, 0.717) is 26.0 Å². The van der Waals surface area contributed by atoms with Crippen molar-refractivity contribution in [1.29, 1.82) is 0 Å². The molecule has 0 unspecified atom stereocenters. The van der Waals surface area contributed by atoms with Crippen LogP contribution in [-0.4, -0.2) is 58.1 Å². The van der Waals surface area contributed by atoms with Crippen molar-refractivity contribution in [1.82, 2.24) is 20.5 Å². The van der Waals surface area contributed by atoms with Crippen molar-refractivity contribution in [2.45, 2.75) is 28.4 Å². The predicted molar refractivity (Wildman–Crippen MR) is 111 cm³/mol. The van der Waals surface area contributed by atoms with Crippen molar-refractivity contribution < 1.29 is 19.1 Å². The molecule has 2 rings (SSSR count). The zero-order valence-corrected chi connectivity index (χ0v) is 18.5. The van der Waals surface area contributed by atoms with Crippen LogP contribution in [0.4, 0.5) is 5.13 Å². The Morgan fingerprint density at radius 2 is 1.82 bits per heavy atom. The lowest BCUT2D eigenvalue weighted by Crippen LogP contribution is -2.25. The van der Waals surface area contributed by atoms with Crippen molar-refractivity contribution in [2.24, 2.45) is 0 Å². The highest BCUT2D eigenvalue weighted by Gasteiger charge is 2.13. The minimum absolute atomic E-state index is 0.0364. The fraction of sp³-hybridized carbons (Fsp3) is 0.467. The number of hydrogen-bond acceptors (Lipinski definition) is 11. The number of aromatic nitrogens is 3. The first-order valence-electron chi connectivity index (χ1n) is 8.17. The molecular weight excluding hydrogens is 442 g/mol. The molecule has 0 aliphatic heterocycles. The predicted octanol–water partition coefficient (Wildman–Crippen LogP) is 2.06. The molecule has 0 radical (unpaired) electrons. The molecule has 2 heterocycles. The van der Waals surface area contributed by atoms with Crippen LogP contribution >= 0.6 is 46.2 Å². The molecule has 152 valence electrons. The van der Waals surface area contributed by atoms with E-state index in [9.17, 15) is 14.4 Å². The van der Waals surface area contributed by atoms with Gasteiger partial charge in [0.05, 0.1) is 30.7 Å². The van der Waals surface area contributed by atoms with E-state index in [1.807, 2.05) is 6.92 Å². The average molecular weight is 462 g/mol. The van der Waals surface area contributed by atoms with Gasteiger partial charge in [0.1, 0.15) is 0 Å². The summed E-state index contributed by atoms with van der Waals surface area (Å²) in [5.74, 6) is -0.204. The largest absolute Gasteiger partial charge is 0.469 e. The molecule has 0 saturated carbocycles. The standard InChI is InChI=1S/C15H19N5O4S4/c1-3-4-16-10(21)7-26-14-19-20-15(28-14)27-8-11(22)18-13-17-9(6-25-13)5-12(23)24-2/h6H,3-5,7-8H2,1-2H3,(H,16,21)(H,17,18,22). The zero-order valence-electron chi connectivity index (χ0n) is 15.2. The molecule has 2 N–H and O–H groups in total. The molecule has 0 aliphatic carbocycles. The SMILES string of the molecule is CCCNC(=O)CSc1nnc(SCC(=O)Nc2nc(CC(=O)OC)cs2)s1. The van der Waals surface area contributed by atoms with Crippen molar-refractivity contribution >= 4 is 69.1 Å². The summed E-state index contributed by atoms with van der Waals surface area (Å²) in [7, 11) is 1.31.